The summed E-state index contributed by atoms with van der Waals surface area (Å²) >= 11 is 0. The minimum Gasteiger partial charge on any atom is -0.394 e. The van der Waals surface area contributed by atoms with Crippen molar-refractivity contribution in [3.63, 3.8) is 0 Å². The summed E-state index contributed by atoms with van der Waals surface area (Å²) in [5.74, 6) is -0.232. The summed E-state index contributed by atoms with van der Waals surface area (Å²) in [6, 6.07) is -0.856. The summed E-state index contributed by atoms with van der Waals surface area (Å²) in [6.07, 6.45) is 78.5. The highest BCUT2D eigenvalue weighted by Gasteiger charge is 2.44. The van der Waals surface area contributed by atoms with Crippen LogP contribution < -0.4 is 5.32 Å². The maximum Gasteiger partial charge on any atom is 0.220 e. The predicted octanol–water partition coefficient (Wildman–Crippen LogP) is 16.7. The van der Waals surface area contributed by atoms with Gasteiger partial charge in [-0.25, -0.2) is 0 Å². The minimum atomic E-state index is -1.59. The Hall–Kier alpha value is -3.41. The van der Waals surface area contributed by atoms with Gasteiger partial charge < -0.3 is 40.3 Å². The van der Waals surface area contributed by atoms with Crippen molar-refractivity contribution >= 4 is 5.91 Å². The molecule has 0 spiro atoms. The number of rotatable bonds is 53. The fourth-order valence-electron chi connectivity index (χ4n) is 9.31. The Kier molecular flexibility index (Phi) is 52.9. The average Bonchev–Trinajstić information content (AvgIpc) is 3.45. The van der Waals surface area contributed by atoms with Crippen LogP contribution in [0.1, 0.15) is 251 Å². The highest BCUT2D eigenvalue weighted by Crippen LogP contribution is 2.23. The molecule has 1 saturated heterocycles. The normalized spacial score (nSPS) is 19.5. The molecule has 0 radical (unpaired) electrons. The van der Waals surface area contributed by atoms with Gasteiger partial charge in [0.05, 0.1) is 25.4 Å². The fraction of sp³-hybridized carbons (Fsp3) is 0.696. The van der Waals surface area contributed by atoms with Gasteiger partial charge in [0.15, 0.2) is 6.29 Å². The molecule has 1 heterocycles. The summed E-state index contributed by atoms with van der Waals surface area (Å²) in [6.45, 7) is 3.63. The molecule has 9 heteroatoms. The summed E-state index contributed by atoms with van der Waals surface area (Å²) in [5.41, 5.74) is 0. The zero-order chi connectivity index (χ0) is 56.5. The highest BCUT2D eigenvalue weighted by atomic mass is 16.7. The molecular formula is C69H117NO8. The van der Waals surface area contributed by atoms with Gasteiger partial charge in [-0.1, -0.05) is 270 Å². The molecule has 1 aliphatic rings. The van der Waals surface area contributed by atoms with E-state index in [-0.39, 0.29) is 18.9 Å². The van der Waals surface area contributed by atoms with Crippen LogP contribution >= 0.6 is 0 Å². The van der Waals surface area contributed by atoms with Crippen LogP contribution in [0.5, 0.6) is 0 Å². The number of carbonyl (C=O) groups excluding carboxylic acids is 1. The van der Waals surface area contributed by atoms with Crippen LogP contribution in [0.2, 0.25) is 0 Å². The Bertz CT molecular complexity index is 1640. The number of carbonyl (C=O) groups is 1. The molecule has 7 atom stereocenters. The van der Waals surface area contributed by atoms with E-state index in [0.717, 1.165) is 83.5 Å². The first-order valence-corrected chi connectivity index (χ1v) is 31.8. The van der Waals surface area contributed by atoms with Crippen molar-refractivity contribution in [3.8, 4) is 0 Å². The highest BCUT2D eigenvalue weighted by molar-refractivity contribution is 5.76. The molecule has 1 aliphatic heterocycles. The number of aliphatic hydroxyl groups is 5. The lowest BCUT2D eigenvalue weighted by Gasteiger charge is -2.40. The number of aliphatic hydroxyl groups excluding tert-OH is 5. The maximum atomic E-state index is 13.1. The Morgan fingerprint density at radius 1 is 0.449 bits per heavy atom. The Morgan fingerprint density at radius 3 is 1.23 bits per heavy atom. The first kappa shape index (κ1) is 72.6. The van der Waals surface area contributed by atoms with Gasteiger partial charge in [0.1, 0.15) is 24.4 Å². The summed E-state index contributed by atoms with van der Waals surface area (Å²) in [7, 11) is 0. The molecule has 7 unspecified atom stereocenters. The zero-order valence-corrected chi connectivity index (χ0v) is 49.6. The zero-order valence-electron chi connectivity index (χ0n) is 49.6. The van der Waals surface area contributed by atoms with E-state index < -0.39 is 49.5 Å². The lowest BCUT2D eigenvalue weighted by molar-refractivity contribution is -0.302. The molecule has 1 rings (SSSR count). The van der Waals surface area contributed by atoms with E-state index in [9.17, 15) is 30.3 Å². The summed E-state index contributed by atoms with van der Waals surface area (Å²) in [4.78, 5) is 13.1. The van der Waals surface area contributed by atoms with Gasteiger partial charge in [-0.15, -0.1) is 0 Å². The number of unbranched alkanes of at least 4 members (excludes halogenated alkanes) is 25. The molecule has 6 N–H and O–H groups in total. The third-order valence-electron chi connectivity index (χ3n) is 14.3. The van der Waals surface area contributed by atoms with Crippen molar-refractivity contribution < 1.29 is 39.8 Å². The molecule has 0 saturated carbocycles. The van der Waals surface area contributed by atoms with Gasteiger partial charge in [-0.3, -0.25) is 4.79 Å². The van der Waals surface area contributed by atoms with Gasteiger partial charge >= 0.3 is 0 Å². The molecule has 0 aromatic rings. The van der Waals surface area contributed by atoms with Crippen LogP contribution in [0.25, 0.3) is 0 Å². The Labute approximate surface area is 478 Å². The van der Waals surface area contributed by atoms with Crippen molar-refractivity contribution in [2.24, 2.45) is 0 Å². The molecule has 1 fully saturated rings. The Morgan fingerprint density at radius 2 is 0.808 bits per heavy atom. The number of ether oxygens (including phenoxy) is 2. The van der Waals surface area contributed by atoms with Crippen molar-refractivity contribution in [3.05, 3.63) is 122 Å². The van der Waals surface area contributed by atoms with Crippen LogP contribution in [0.4, 0.5) is 0 Å². The summed E-state index contributed by atoms with van der Waals surface area (Å²) < 4.78 is 11.3. The largest absolute Gasteiger partial charge is 0.394 e. The van der Waals surface area contributed by atoms with Crippen LogP contribution in [0.15, 0.2) is 122 Å². The van der Waals surface area contributed by atoms with Gasteiger partial charge in [0.2, 0.25) is 5.91 Å². The van der Waals surface area contributed by atoms with E-state index >= 15 is 0 Å². The monoisotopic (exact) mass is 1090 g/mol. The van der Waals surface area contributed by atoms with E-state index in [0.29, 0.717) is 6.42 Å². The van der Waals surface area contributed by atoms with Crippen molar-refractivity contribution in [2.75, 3.05) is 13.2 Å². The smallest absolute Gasteiger partial charge is 0.220 e. The maximum absolute atomic E-state index is 13.1. The molecule has 446 valence electrons. The van der Waals surface area contributed by atoms with Crippen LogP contribution in [-0.4, -0.2) is 87.5 Å². The van der Waals surface area contributed by atoms with Crippen LogP contribution in [-0.2, 0) is 14.3 Å². The van der Waals surface area contributed by atoms with E-state index in [1.807, 2.05) is 6.08 Å². The number of amides is 1. The molecule has 0 bridgehead atoms. The molecule has 9 nitrogen and oxygen atoms in total. The third kappa shape index (κ3) is 45.3. The number of nitrogens with one attached hydrogen (secondary N) is 1. The lowest BCUT2D eigenvalue weighted by atomic mass is 9.99. The minimum absolute atomic E-state index is 0.226. The number of hydrogen-bond donors (Lipinski definition) is 6. The van der Waals surface area contributed by atoms with Gasteiger partial charge in [0.25, 0.3) is 0 Å². The van der Waals surface area contributed by atoms with E-state index in [1.54, 1.807) is 6.08 Å². The van der Waals surface area contributed by atoms with E-state index in [4.69, 9.17) is 9.47 Å². The van der Waals surface area contributed by atoms with E-state index in [1.165, 1.54) is 141 Å². The standard InChI is InChI=1S/C69H117NO8/c1-3-5-7-9-11-13-15-17-19-21-23-25-27-29-31-33-34-36-38-40-42-44-46-48-50-52-54-56-58-63(72)62(61-77-69-68(76)67(75)66(74)64(60-71)78-69)70-65(73)59-57-55-53-51-49-47-45-43-41-39-37-35-32-30-28-26-24-22-20-18-16-14-12-10-8-6-4-2/h6,8,12,14,18,20,24,26,30,32,37,39,43,45,48-51,56,58,62-64,66-69,71-72,74-76H,3-5,7,9-11,13,15-17,19,21-23,25,27-29,31,33-36,38,40-42,44,46-47,52-55,57,59-61H2,1-2H3,(H,70,73)/b8-6-,14-12-,20-18-,26-24-,32-30-,39-37-,45-43-,50-48+,51-49-,58-56+. The topological polar surface area (TPSA) is 149 Å². The first-order valence-electron chi connectivity index (χ1n) is 31.8. The van der Waals surface area contributed by atoms with Crippen molar-refractivity contribution in [1.29, 1.82) is 0 Å². The van der Waals surface area contributed by atoms with Crippen molar-refractivity contribution in [1.82, 2.24) is 5.32 Å². The van der Waals surface area contributed by atoms with Gasteiger partial charge in [0, 0.05) is 6.42 Å². The molecule has 1 amide bonds. The quantitative estimate of drug-likeness (QED) is 0.0261. The molecule has 78 heavy (non-hydrogen) atoms. The molecule has 0 aromatic carbocycles. The molecule has 0 aromatic heterocycles. The second-order valence-corrected chi connectivity index (χ2v) is 21.5. The van der Waals surface area contributed by atoms with E-state index in [2.05, 4.69) is 129 Å². The lowest BCUT2D eigenvalue weighted by Crippen LogP contribution is -2.60. The second-order valence-electron chi connectivity index (χ2n) is 21.5. The molecular weight excluding hydrogens is 971 g/mol. The number of hydrogen-bond acceptors (Lipinski definition) is 8. The number of allylic oxidation sites excluding steroid dienone is 19. The summed E-state index contributed by atoms with van der Waals surface area (Å²) in [5, 5.41) is 54.6. The predicted molar refractivity (Wildman–Crippen MR) is 331 cm³/mol. The first-order chi connectivity index (χ1) is 38.3. The molecule has 0 aliphatic carbocycles. The van der Waals surface area contributed by atoms with Crippen LogP contribution in [0.3, 0.4) is 0 Å². The van der Waals surface area contributed by atoms with Crippen molar-refractivity contribution in [2.45, 2.75) is 294 Å². The average molecular weight is 1090 g/mol. The fourth-order valence-corrected chi connectivity index (χ4v) is 9.31. The van der Waals surface area contributed by atoms with Gasteiger partial charge in [-0.05, 0) is 96.3 Å². The second kappa shape index (κ2) is 56.8. The Balaban J connectivity index is 2.27. The van der Waals surface area contributed by atoms with Crippen LogP contribution in [0, 0.1) is 0 Å². The van der Waals surface area contributed by atoms with Gasteiger partial charge in [-0.2, -0.15) is 0 Å². The SMILES string of the molecule is CC/C=C\C/C=C\C/C=C\C/C=C\C/C=C\C/C=C\C/C=C\C/C=C\CCCCC(=O)NC(COC1OC(CO)C(O)C(O)C1O)C(O)/C=C/CC/C=C/CCCCCCCCCCCCCCCCCCCCCCCC. The third-order valence-corrected chi connectivity index (χ3v) is 14.3.